The number of amides is 1. The minimum atomic E-state index is -0.920. The second-order valence-electron chi connectivity index (χ2n) is 6.15. The van der Waals surface area contributed by atoms with Crippen LogP contribution in [-0.4, -0.2) is 35.3 Å². The molecule has 7 heteroatoms. The number of carbonyl (C=O) groups excluding carboxylic acids is 3. The van der Waals surface area contributed by atoms with Crippen LogP contribution < -0.4 is 5.32 Å². The molecule has 7 nitrogen and oxygen atoms in total. The summed E-state index contributed by atoms with van der Waals surface area (Å²) < 4.78 is 10.2. The van der Waals surface area contributed by atoms with Gasteiger partial charge < -0.3 is 19.5 Å². The summed E-state index contributed by atoms with van der Waals surface area (Å²) in [5, 5.41) is 3.36. The van der Waals surface area contributed by atoms with Gasteiger partial charge in [-0.05, 0) is 32.0 Å². The number of ketones is 1. The molecular weight excluding hydrogens is 348 g/mol. The molecule has 0 radical (unpaired) electrons. The molecule has 3 rings (SSSR count). The van der Waals surface area contributed by atoms with Gasteiger partial charge in [0.05, 0.1) is 12.7 Å². The van der Waals surface area contributed by atoms with Crippen molar-refractivity contribution in [1.82, 2.24) is 10.3 Å². The van der Waals surface area contributed by atoms with Crippen molar-refractivity contribution in [1.29, 1.82) is 0 Å². The molecular formula is C20H20N2O5. The zero-order valence-electron chi connectivity index (χ0n) is 15.1. The van der Waals surface area contributed by atoms with Gasteiger partial charge in [-0.25, -0.2) is 0 Å². The van der Waals surface area contributed by atoms with Gasteiger partial charge in [-0.1, -0.05) is 18.2 Å². The molecule has 0 spiro atoms. The zero-order chi connectivity index (χ0) is 19.4. The first-order chi connectivity index (χ1) is 13.0. The van der Waals surface area contributed by atoms with E-state index in [0.29, 0.717) is 5.56 Å². The van der Waals surface area contributed by atoms with E-state index in [1.807, 2.05) is 31.2 Å². The molecule has 140 valence electrons. The summed E-state index contributed by atoms with van der Waals surface area (Å²) >= 11 is 0. The van der Waals surface area contributed by atoms with Crippen molar-refractivity contribution >= 4 is 28.6 Å². The van der Waals surface area contributed by atoms with Gasteiger partial charge in [-0.2, -0.15) is 0 Å². The van der Waals surface area contributed by atoms with Gasteiger partial charge in [-0.15, -0.1) is 0 Å². The molecule has 1 amide bonds. The van der Waals surface area contributed by atoms with Crippen molar-refractivity contribution < 1.29 is 23.5 Å². The first-order valence-electron chi connectivity index (χ1n) is 8.60. The monoisotopic (exact) mass is 368 g/mol. The van der Waals surface area contributed by atoms with Crippen LogP contribution in [0, 0.1) is 6.92 Å². The molecule has 2 aromatic heterocycles. The average Bonchev–Trinajstić information content (AvgIpc) is 3.28. The van der Waals surface area contributed by atoms with E-state index in [9.17, 15) is 14.4 Å². The first-order valence-corrected chi connectivity index (χ1v) is 8.60. The number of ether oxygens (including phenoxy) is 1. The summed E-state index contributed by atoms with van der Waals surface area (Å²) in [6.07, 6.45) is 0.427. The molecule has 27 heavy (non-hydrogen) atoms. The number of aromatic nitrogens is 1. The summed E-state index contributed by atoms with van der Waals surface area (Å²) in [5.74, 6) is -1.07. The number of para-hydroxylation sites is 1. The maximum absolute atomic E-state index is 12.7. The number of fused-ring (bicyclic) bond motifs is 1. The number of aromatic amines is 1. The fourth-order valence-corrected chi connectivity index (χ4v) is 2.88. The van der Waals surface area contributed by atoms with Gasteiger partial charge in [0.25, 0.3) is 5.91 Å². The van der Waals surface area contributed by atoms with Crippen molar-refractivity contribution in [2.24, 2.45) is 0 Å². The minimum Gasteiger partial charge on any atom is -0.459 e. The topological polar surface area (TPSA) is 101 Å². The zero-order valence-corrected chi connectivity index (χ0v) is 15.1. The number of furan rings is 1. The molecule has 0 aliphatic heterocycles. The smallest absolute Gasteiger partial charge is 0.308 e. The number of H-pyrrole nitrogens is 1. The summed E-state index contributed by atoms with van der Waals surface area (Å²) in [4.78, 5) is 39.6. The Balaban J connectivity index is 1.55. The van der Waals surface area contributed by atoms with Crippen LogP contribution in [0.15, 0.2) is 47.1 Å². The van der Waals surface area contributed by atoms with Crippen LogP contribution in [0.25, 0.3) is 10.9 Å². The highest BCUT2D eigenvalue weighted by Gasteiger charge is 2.24. The number of rotatable bonds is 7. The molecule has 1 atom stereocenters. The molecule has 0 aliphatic carbocycles. The van der Waals surface area contributed by atoms with Gasteiger partial charge in [0.1, 0.15) is 0 Å². The summed E-state index contributed by atoms with van der Waals surface area (Å²) in [7, 11) is 0. The third-order valence-corrected chi connectivity index (χ3v) is 4.18. The molecule has 0 fully saturated rings. The number of nitrogens with one attached hydrogen (secondary N) is 2. The number of Topliss-reactive ketones (excluding diaryl/α,β-unsaturated/α-hetero) is 1. The van der Waals surface area contributed by atoms with E-state index in [2.05, 4.69) is 10.3 Å². The molecule has 2 N–H and O–H groups in total. The molecule has 1 aromatic carbocycles. The fraction of sp³-hybridized carbons (Fsp3) is 0.250. The van der Waals surface area contributed by atoms with Gasteiger partial charge in [0.15, 0.2) is 11.9 Å². The standard InChI is InChI=1S/C20H20N2O5/c1-12-18(14-6-3-4-7-15(14)22-12)19(24)13(2)27-17(23)9-10-21-20(25)16-8-5-11-26-16/h3-8,11,13,22H,9-10H2,1-2H3,(H,21,25). The molecule has 0 saturated heterocycles. The van der Waals surface area contributed by atoms with E-state index in [4.69, 9.17) is 9.15 Å². The van der Waals surface area contributed by atoms with Gasteiger partial charge in [0.2, 0.25) is 5.78 Å². The Bertz CT molecular complexity index is 972. The van der Waals surface area contributed by atoms with Crippen molar-refractivity contribution in [2.45, 2.75) is 26.4 Å². The van der Waals surface area contributed by atoms with Crippen molar-refractivity contribution in [3.05, 3.63) is 59.7 Å². The van der Waals surface area contributed by atoms with E-state index in [0.717, 1.165) is 16.6 Å². The predicted molar refractivity (Wildman–Crippen MR) is 98.6 cm³/mol. The van der Waals surface area contributed by atoms with Crippen molar-refractivity contribution in [3.63, 3.8) is 0 Å². The third-order valence-electron chi connectivity index (χ3n) is 4.18. The Kier molecular flexibility index (Phi) is 5.40. The average molecular weight is 368 g/mol. The van der Waals surface area contributed by atoms with Crippen LogP contribution in [0.2, 0.25) is 0 Å². The van der Waals surface area contributed by atoms with Crippen LogP contribution in [0.1, 0.15) is 40.0 Å². The third kappa shape index (κ3) is 4.08. The highest BCUT2D eigenvalue weighted by Crippen LogP contribution is 2.23. The second kappa shape index (κ2) is 7.90. The van der Waals surface area contributed by atoms with Crippen LogP contribution in [0.5, 0.6) is 0 Å². The maximum Gasteiger partial charge on any atom is 0.308 e. The molecule has 0 saturated carbocycles. The summed E-state index contributed by atoms with van der Waals surface area (Å²) in [5.41, 5.74) is 2.12. The van der Waals surface area contributed by atoms with Crippen LogP contribution in [0.3, 0.4) is 0 Å². The normalized spacial score (nSPS) is 11.9. The molecule has 2 heterocycles. The van der Waals surface area contributed by atoms with Crippen LogP contribution >= 0.6 is 0 Å². The highest BCUT2D eigenvalue weighted by molar-refractivity contribution is 6.11. The Morgan fingerprint density at radius 1 is 1.19 bits per heavy atom. The first kappa shape index (κ1) is 18.4. The Morgan fingerprint density at radius 2 is 1.96 bits per heavy atom. The van der Waals surface area contributed by atoms with E-state index in [1.165, 1.54) is 12.3 Å². The van der Waals surface area contributed by atoms with Gasteiger partial charge in [-0.3, -0.25) is 14.4 Å². The lowest BCUT2D eigenvalue weighted by Gasteiger charge is -2.13. The largest absolute Gasteiger partial charge is 0.459 e. The lowest BCUT2D eigenvalue weighted by molar-refractivity contribution is -0.146. The number of carbonyl (C=O) groups is 3. The molecule has 0 aliphatic rings. The van der Waals surface area contributed by atoms with E-state index < -0.39 is 18.0 Å². The Morgan fingerprint density at radius 3 is 2.70 bits per heavy atom. The van der Waals surface area contributed by atoms with E-state index in [1.54, 1.807) is 13.0 Å². The number of esters is 1. The maximum atomic E-state index is 12.7. The van der Waals surface area contributed by atoms with Gasteiger partial charge in [0, 0.05) is 28.7 Å². The predicted octanol–water partition coefficient (Wildman–Crippen LogP) is 3.00. The van der Waals surface area contributed by atoms with Crippen molar-refractivity contribution in [2.75, 3.05) is 6.54 Å². The highest BCUT2D eigenvalue weighted by atomic mass is 16.5. The molecule has 1 unspecified atom stereocenters. The van der Waals surface area contributed by atoms with Crippen LogP contribution in [-0.2, 0) is 9.53 Å². The van der Waals surface area contributed by atoms with E-state index in [-0.39, 0.29) is 24.5 Å². The Hall–Kier alpha value is -3.35. The summed E-state index contributed by atoms with van der Waals surface area (Å²) in [6, 6.07) is 10.6. The Labute approximate surface area is 155 Å². The summed E-state index contributed by atoms with van der Waals surface area (Å²) in [6.45, 7) is 3.44. The molecule has 0 bridgehead atoms. The second-order valence-corrected chi connectivity index (χ2v) is 6.15. The SMILES string of the molecule is Cc1[nH]c2ccccc2c1C(=O)C(C)OC(=O)CCNC(=O)c1ccco1. The lowest BCUT2D eigenvalue weighted by Crippen LogP contribution is -2.29. The van der Waals surface area contributed by atoms with Crippen LogP contribution in [0.4, 0.5) is 0 Å². The minimum absolute atomic E-state index is 0.0447. The lowest BCUT2D eigenvalue weighted by atomic mass is 10.0. The van der Waals surface area contributed by atoms with Gasteiger partial charge >= 0.3 is 5.97 Å². The number of hydrogen-bond donors (Lipinski definition) is 2. The number of hydrogen-bond acceptors (Lipinski definition) is 5. The fourth-order valence-electron chi connectivity index (χ4n) is 2.88. The van der Waals surface area contributed by atoms with E-state index >= 15 is 0 Å². The molecule has 3 aromatic rings. The number of aryl methyl sites for hydroxylation is 1. The number of benzene rings is 1. The quantitative estimate of drug-likeness (QED) is 0.493. The van der Waals surface area contributed by atoms with Crippen molar-refractivity contribution in [3.8, 4) is 0 Å².